The number of hydrogen-bond acceptors (Lipinski definition) is 5. The third-order valence-corrected chi connectivity index (χ3v) is 17.2. The largest absolute Gasteiger partial charge is 0.466 e. The predicted molar refractivity (Wildman–Crippen MR) is 338 cm³/mol. The van der Waals surface area contributed by atoms with Crippen LogP contribution in [-0.2, 0) is 14.3 Å². The molecule has 3 N–H and O–H groups in total. The summed E-state index contributed by atoms with van der Waals surface area (Å²) in [5, 5.41) is 23.4. The molecule has 0 bridgehead atoms. The predicted octanol–water partition coefficient (Wildman–Crippen LogP) is 23.0. The minimum atomic E-state index is -0.662. The fraction of sp³-hybridized carbons (Fsp3) is 0.972. The summed E-state index contributed by atoms with van der Waals surface area (Å²) in [6.07, 6.45) is 81.5. The number of aliphatic hydroxyl groups is 2. The minimum Gasteiger partial charge on any atom is -0.466 e. The van der Waals surface area contributed by atoms with Crippen LogP contribution in [-0.4, -0.2) is 47.4 Å². The first-order valence-corrected chi connectivity index (χ1v) is 35.8. The molecule has 0 saturated heterocycles. The van der Waals surface area contributed by atoms with Crippen molar-refractivity contribution in [3.05, 3.63) is 0 Å². The molecule has 0 aliphatic carbocycles. The van der Waals surface area contributed by atoms with Crippen LogP contribution in [0.3, 0.4) is 0 Å². The Bertz CT molecular complexity index is 1120. The zero-order valence-electron chi connectivity index (χ0n) is 52.7. The van der Waals surface area contributed by atoms with E-state index in [0.29, 0.717) is 25.9 Å². The normalized spacial score (nSPS) is 12.4. The highest BCUT2D eigenvalue weighted by atomic mass is 16.5. The van der Waals surface area contributed by atoms with Gasteiger partial charge in [0.25, 0.3) is 0 Å². The highest BCUT2D eigenvalue weighted by Gasteiger charge is 2.20. The van der Waals surface area contributed by atoms with E-state index in [1.807, 2.05) is 0 Å². The van der Waals surface area contributed by atoms with Crippen molar-refractivity contribution in [3.8, 4) is 0 Å². The SMILES string of the molecule is CCCCCCCCCCCCCCCCCCCCCCC(O)C(CO)NC(=O)CCCCCCCCCCCCCCCCCCCCCCCCCCCCOC(=O)CCCCCCCCCCCCCCCC. The molecule has 0 rings (SSSR count). The van der Waals surface area contributed by atoms with Crippen LogP contribution in [0.1, 0.15) is 418 Å². The van der Waals surface area contributed by atoms with E-state index >= 15 is 0 Å². The van der Waals surface area contributed by atoms with Crippen molar-refractivity contribution in [3.63, 3.8) is 0 Å². The van der Waals surface area contributed by atoms with Gasteiger partial charge in [-0.15, -0.1) is 0 Å². The Labute approximate surface area is 483 Å². The molecule has 77 heavy (non-hydrogen) atoms. The maximum Gasteiger partial charge on any atom is 0.305 e. The van der Waals surface area contributed by atoms with E-state index < -0.39 is 12.1 Å². The average molecular weight is 1090 g/mol. The minimum absolute atomic E-state index is 0.0210. The second-order valence-electron chi connectivity index (χ2n) is 24.9. The van der Waals surface area contributed by atoms with E-state index in [2.05, 4.69) is 19.2 Å². The van der Waals surface area contributed by atoms with Crippen molar-refractivity contribution in [1.82, 2.24) is 5.32 Å². The van der Waals surface area contributed by atoms with Gasteiger partial charge in [-0.1, -0.05) is 380 Å². The molecule has 460 valence electrons. The van der Waals surface area contributed by atoms with Crippen LogP contribution in [0.15, 0.2) is 0 Å². The van der Waals surface area contributed by atoms with Gasteiger partial charge in [0.2, 0.25) is 5.91 Å². The monoisotopic (exact) mass is 1090 g/mol. The molecular formula is C71H141NO5. The Kier molecular flexibility index (Phi) is 66.4. The van der Waals surface area contributed by atoms with Gasteiger partial charge in [-0.25, -0.2) is 0 Å². The summed E-state index contributed by atoms with van der Waals surface area (Å²) in [5.41, 5.74) is 0. The lowest BCUT2D eigenvalue weighted by molar-refractivity contribution is -0.143. The topological polar surface area (TPSA) is 95.9 Å². The summed E-state index contributed by atoms with van der Waals surface area (Å²) in [6, 6.07) is -0.539. The number of esters is 1. The van der Waals surface area contributed by atoms with Crippen LogP contribution < -0.4 is 5.32 Å². The number of carbonyl (C=O) groups excluding carboxylic acids is 2. The van der Waals surface area contributed by atoms with Gasteiger partial charge in [-0.2, -0.15) is 0 Å². The Balaban J connectivity index is 3.34. The summed E-state index contributed by atoms with van der Waals surface area (Å²) < 4.78 is 5.50. The molecule has 0 aromatic heterocycles. The molecule has 6 heteroatoms. The molecule has 6 nitrogen and oxygen atoms in total. The molecule has 0 fully saturated rings. The van der Waals surface area contributed by atoms with Crippen LogP contribution in [0.25, 0.3) is 0 Å². The highest BCUT2D eigenvalue weighted by molar-refractivity contribution is 5.76. The standard InChI is InChI=1S/C71H141NO5/c1-3-5-7-9-11-13-15-17-19-20-21-30-33-36-39-43-47-51-55-59-63-69(74)68(67-73)72-70(75)64-60-56-52-48-44-40-37-34-31-28-26-24-22-23-25-27-29-32-35-38-42-46-50-54-58-62-66-77-71(76)65-61-57-53-49-45-41-18-16-14-12-10-8-6-4-2/h68-69,73-74H,3-67H2,1-2H3,(H,72,75). The Morgan fingerprint density at radius 1 is 0.312 bits per heavy atom. The van der Waals surface area contributed by atoms with E-state index in [9.17, 15) is 19.8 Å². The maximum atomic E-state index is 12.5. The van der Waals surface area contributed by atoms with Gasteiger partial charge in [0, 0.05) is 12.8 Å². The van der Waals surface area contributed by atoms with Crippen LogP contribution in [0, 0.1) is 0 Å². The van der Waals surface area contributed by atoms with E-state index in [4.69, 9.17) is 4.74 Å². The quantitative estimate of drug-likeness (QED) is 0.0417. The summed E-state index contributed by atoms with van der Waals surface area (Å²) in [5.74, 6) is -0.00641. The second-order valence-corrected chi connectivity index (χ2v) is 24.9. The lowest BCUT2D eigenvalue weighted by Crippen LogP contribution is -2.45. The van der Waals surface area contributed by atoms with E-state index in [-0.39, 0.29) is 18.5 Å². The fourth-order valence-electron chi connectivity index (χ4n) is 11.7. The number of rotatable bonds is 68. The number of nitrogens with one attached hydrogen (secondary N) is 1. The lowest BCUT2D eigenvalue weighted by Gasteiger charge is -2.22. The zero-order chi connectivity index (χ0) is 55.7. The molecule has 0 heterocycles. The molecule has 0 radical (unpaired) electrons. The van der Waals surface area contributed by atoms with Gasteiger partial charge in [0.15, 0.2) is 0 Å². The first-order chi connectivity index (χ1) is 38.0. The third-order valence-electron chi connectivity index (χ3n) is 17.2. The maximum absolute atomic E-state index is 12.5. The van der Waals surface area contributed by atoms with Crippen LogP contribution in [0.4, 0.5) is 0 Å². The number of aliphatic hydroxyl groups excluding tert-OH is 2. The Morgan fingerprint density at radius 2 is 0.532 bits per heavy atom. The van der Waals surface area contributed by atoms with Crippen molar-refractivity contribution in [2.45, 2.75) is 431 Å². The number of hydrogen-bond donors (Lipinski definition) is 3. The molecule has 2 unspecified atom stereocenters. The molecular weight excluding hydrogens is 947 g/mol. The third kappa shape index (κ3) is 63.9. The van der Waals surface area contributed by atoms with Gasteiger partial charge < -0.3 is 20.3 Å². The van der Waals surface area contributed by atoms with Gasteiger partial charge in [0.1, 0.15) is 0 Å². The fourth-order valence-corrected chi connectivity index (χ4v) is 11.7. The number of carbonyl (C=O) groups is 2. The zero-order valence-corrected chi connectivity index (χ0v) is 52.7. The van der Waals surface area contributed by atoms with Crippen molar-refractivity contribution < 1.29 is 24.5 Å². The molecule has 0 aromatic carbocycles. The summed E-state index contributed by atoms with van der Waals surface area (Å²) >= 11 is 0. The van der Waals surface area contributed by atoms with Crippen LogP contribution in [0.2, 0.25) is 0 Å². The van der Waals surface area contributed by atoms with Gasteiger partial charge in [-0.3, -0.25) is 9.59 Å². The molecule has 0 aromatic rings. The molecule has 0 spiro atoms. The van der Waals surface area contributed by atoms with Crippen LogP contribution in [0.5, 0.6) is 0 Å². The van der Waals surface area contributed by atoms with Crippen LogP contribution >= 0.6 is 0 Å². The number of amides is 1. The van der Waals surface area contributed by atoms with Gasteiger partial charge >= 0.3 is 5.97 Å². The van der Waals surface area contributed by atoms with Crippen molar-refractivity contribution in [2.75, 3.05) is 13.2 Å². The Morgan fingerprint density at radius 3 is 0.792 bits per heavy atom. The highest BCUT2D eigenvalue weighted by Crippen LogP contribution is 2.20. The molecule has 0 saturated carbocycles. The molecule has 0 aliphatic rings. The van der Waals surface area contributed by atoms with Gasteiger partial charge in [-0.05, 0) is 25.7 Å². The van der Waals surface area contributed by atoms with Crippen molar-refractivity contribution in [2.24, 2.45) is 0 Å². The van der Waals surface area contributed by atoms with Crippen molar-refractivity contribution in [1.29, 1.82) is 0 Å². The summed E-state index contributed by atoms with van der Waals surface area (Å²) in [7, 11) is 0. The average Bonchev–Trinajstić information content (AvgIpc) is 3.43. The summed E-state index contributed by atoms with van der Waals surface area (Å²) in [6.45, 7) is 5.01. The van der Waals surface area contributed by atoms with E-state index in [1.165, 1.54) is 347 Å². The smallest absolute Gasteiger partial charge is 0.305 e. The van der Waals surface area contributed by atoms with Crippen molar-refractivity contribution >= 4 is 11.9 Å². The molecule has 0 aliphatic heterocycles. The van der Waals surface area contributed by atoms with E-state index in [1.54, 1.807) is 0 Å². The lowest BCUT2D eigenvalue weighted by atomic mass is 10.0. The summed E-state index contributed by atoms with van der Waals surface area (Å²) in [4.78, 5) is 24.6. The number of unbranched alkanes of at least 4 members (excludes halogenated alkanes) is 57. The number of ether oxygens (including phenoxy) is 1. The van der Waals surface area contributed by atoms with E-state index in [0.717, 1.165) is 38.5 Å². The molecule has 2 atom stereocenters. The molecule has 1 amide bonds. The van der Waals surface area contributed by atoms with Gasteiger partial charge in [0.05, 0.1) is 25.4 Å². The Hall–Kier alpha value is -1.14. The second kappa shape index (κ2) is 67.4. The first kappa shape index (κ1) is 75.9. The first-order valence-electron chi connectivity index (χ1n) is 35.8.